The maximum atomic E-state index is 15.8. The van der Waals surface area contributed by atoms with E-state index in [4.69, 9.17) is 15.2 Å². The summed E-state index contributed by atoms with van der Waals surface area (Å²) in [6, 6.07) is 8.42. The predicted octanol–water partition coefficient (Wildman–Crippen LogP) is 5.59. The summed E-state index contributed by atoms with van der Waals surface area (Å²) < 4.78 is 26.9. The zero-order chi connectivity index (χ0) is 44.5. The molecule has 60 heavy (non-hydrogen) atoms. The number of primary amides is 1. The predicted molar refractivity (Wildman–Crippen MR) is 229 cm³/mol. The van der Waals surface area contributed by atoms with Crippen LogP contribution in [0.25, 0.3) is 10.4 Å². The van der Waals surface area contributed by atoms with Gasteiger partial charge in [-0.15, -0.1) is 11.3 Å². The molecule has 2 aromatic carbocycles. The van der Waals surface area contributed by atoms with E-state index in [-0.39, 0.29) is 75.3 Å². The molecule has 0 spiro atoms. The molecule has 1 fully saturated rings. The van der Waals surface area contributed by atoms with E-state index < -0.39 is 59.3 Å². The van der Waals surface area contributed by atoms with Crippen molar-refractivity contribution < 1.29 is 43.3 Å². The van der Waals surface area contributed by atoms with Gasteiger partial charge in [0.2, 0.25) is 17.7 Å². The number of amides is 4. The van der Waals surface area contributed by atoms with Crippen LogP contribution in [0, 0.1) is 25.1 Å². The van der Waals surface area contributed by atoms with E-state index in [2.05, 4.69) is 20.9 Å². The van der Waals surface area contributed by atoms with Gasteiger partial charge in [0.1, 0.15) is 18.4 Å². The summed E-state index contributed by atoms with van der Waals surface area (Å²) in [5, 5.41) is 31.1. The third-order valence-corrected chi connectivity index (χ3v) is 11.3. The Balaban J connectivity index is 1.36. The highest BCUT2D eigenvalue weighted by atomic mass is 32.1. The van der Waals surface area contributed by atoms with Crippen LogP contribution in [-0.2, 0) is 25.5 Å². The smallest absolute Gasteiger partial charge is 0.407 e. The molecule has 14 nitrogen and oxygen atoms in total. The van der Waals surface area contributed by atoms with E-state index in [1.165, 1.54) is 6.07 Å². The van der Waals surface area contributed by atoms with Gasteiger partial charge < -0.3 is 41.4 Å². The van der Waals surface area contributed by atoms with Crippen LogP contribution in [-0.4, -0.2) is 93.1 Å². The van der Waals surface area contributed by atoms with E-state index in [1.807, 2.05) is 64.4 Å². The number of ether oxygens (including phenoxy) is 2. The lowest BCUT2D eigenvalue weighted by molar-refractivity contribution is -0.135. The Bertz CT molecular complexity index is 1950. The quantitative estimate of drug-likeness (QED) is 0.0936. The van der Waals surface area contributed by atoms with Crippen molar-refractivity contribution in [3.63, 3.8) is 0 Å². The number of aromatic nitrogens is 1. The van der Waals surface area contributed by atoms with Gasteiger partial charge in [-0.2, -0.15) is 0 Å². The average Bonchev–Trinajstić information content (AvgIpc) is 3.76. The number of alkyl carbamates (subject to hydrolysis) is 1. The summed E-state index contributed by atoms with van der Waals surface area (Å²) >= 11 is 1.57. The first-order valence-electron chi connectivity index (χ1n) is 20.4. The van der Waals surface area contributed by atoms with Crippen LogP contribution in [0.5, 0.6) is 5.75 Å². The second-order valence-electron chi connectivity index (χ2n) is 17.8. The first-order valence-corrected chi connectivity index (χ1v) is 21.3. The highest BCUT2D eigenvalue weighted by Gasteiger charge is 2.45. The molecule has 0 radical (unpaired) electrons. The SMILES string of the molecule is Cc1cc(CCCC(=O)NC(C(O)N2C[C@H](O)C[C@H]2C(=O)N[C@@H](C)c2ccc(-c3scnc3C)cc2)C(C)(C)C)c(F)c(OC[C@H](CCC(N)=O)NC(=O)OC(C)(C)C)c1. The minimum Gasteiger partial charge on any atom is -0.488 e. The van der Waals surface area contributed by atoms with Crippen molar-refractivity contribution >= 4 is 35.2 Å². The lowest BCUT2D eigenvalue weighted by atomic mass is 9.84. The van der Waals surface area contributed by atoms with Gasteiger partial charge in [0.05, 0.1) is 46.4 Å². The molecule has 2 heterocycles. The number of aryl methyl sites for hydroxylation is 3. The summed E-state index contributed by atoms with van der Waals surface area (Å²) in [4.78, 5) is 58.0. The Morgan fingerprint density at radius 1 is 1.03 bits per heavy atom. The van der Waals surface area contributed by atoms with Crippen molar-refractivity contribution in [3.05, 3.63) is 70.1 Å². The molecule has 2 unspecified atom stereocenters. The second kappa shape index (κ2) is 20.8. The molecule has 1 saturated heterocycles. The van der Waals surface area contributed by atoms with Crippen molar-refractivity contribution in [3.8, 4) is 16.2 Å². The number of hydrogen-bond acceptors (Lipinski definition) is 11. The van der Waals surface area contributed by atoms with Crippen LogP contribution in [0.1, 0.15) is 109 Å². The fraction of sp³-hybridized carbons (Fsp3) is 0.568. The molecule has 4 rings (SSSR count). The van der Waals surface area contributed by atoms with Crippen LogP contribution in [0.15, 0.2) is 41.9 Å². The normalized spacial score (nSPS) is 17.9. The number of thiazole rings is 1. The number of nitrogens with zero attached hydrogens (tertiary/aromatic N) is 2. The van der Waals surface area contributed by atoms with E-state index in [9.17, 15) is 29.4 Å². The Morgan fingerprint density at radius 2 is 1.72 bits per heavy atom. The Morgan fingerprint density at radius 3 is 2.32 bits per heavy atom. The molecular weight excluding hydrogens is 792 g/mol. The molecule has 1 aromatic heterocycles. The lowest BCUT2D eigenvalue weighted by Crippen LogP contribution is -2.60. The summed E-state index contributed by atoms with van der Waals surface area (Å²) in [7, 11) is 0. The molecule has 330 valence electrons. The molecule has 6 atom stereocenters. The first-order chi connectivity index (χ1) is 28.0. The van der Waals surface area contributed by atoms with Gasteiger partial charge in [0, 0.05) is 19.4 Å². The molecule has 1 aliphatic heterocycles. The maximum absolute atomic E-state index is 15.8. The second-order valence-corrected chi connectivity index (χ2v) is 18.6. The van der Waals surface area contributed by atoms with Crippen molar-refractivity contribution in [2.75, 3.05) is 13.2 Å². The van der Waals surface area contributed by atoms with Gasteiger partial charge >= 0.3 is 6.09 Å². The number of carbonyl (C=O) groups excluding carboxylic acids is 4. The van der Waals surface area contributed by atoms with E-state index in [0.717, 1.165) is 27.3 Å². The van der Waals surface area contributed by atoms with Crippen LogP contribution in [0.2, 0.25) is 0 Å². The van der Waals surface area contributed by atoms with Gasteiger partial charge in [-0.25, -0.2) is 14.2 Å². The highest BCUT2D eigenvalue weighted by Crippen LogP contribution is 2.31. The molecule has 0 saturated carbocycles. The monoisotopic (exact) mass is 854 g/mol. The number of likely N-dealkylation sites (tertiary alicyclic amines) is 1. The average molecular weight is 855 g/mol. The van der Waals surface area contributed by atoms with Gasteiger partial charge in [-0.3, -0.25) is 19.3 Å². The number of rotatable bonds is 18. The number of carbonyl (C=O) groups is 4. The Hall–Kier alpha value is -4.64. The fourth-order valence-electron chi connectivity index (χ4n) is 7.17. The van der Waals surface area contributed by atoms with Crippen LogP contribution < -0.4 is 26.4 Å². The number of halogens is 1. The molecule has 0 bridgehead atoms. The van der Waals surface area contributed by atoms with E-state index in [0.29, 0.717) is 5.56 Å². The summed E-state index contributed by atoms with van der Waals surface area (Å²) in [5.41, 5.74) is 9.66. The van der Waals surface area contributed by atoms with Crippen LogP contribution in [0.4, 0.5) is 9.18 Å². The van der Waals surface area contributed by atoms with Gasteiger partial charge in [0.15, 0.2) is 11.6 Å². The van der Waals surface area contributed by atoms with Crippen molar-refractivity contribution in [2.24, 2.45) is 11.1 Å². The summed E-state index contributed by atoms with van der Waals surface area (Å²) in [6.07, 6.45) is -2.13. The van der Waals surface area contributed by atoms with Gasteiger partial charge in [-0.1, -0.05) is 51.1 Å². The third-order valence-electron chi connectivity index (χ3n) is 10.3. The van der Waals surface area contributed by atoms with Crippen molar-refractivity contribution in [1.29, 1.82) is 0 Å². The minimum absolute atomic E-state index is 0.0171. The standard InChI is InChI=1S/C44H63FN6O8S/c1-25-19-30(37(45)34(20-25)58-23-31(17-18-35(46)53)49-42(57)59-44(7,8)9)11-10-12-36(54)50-39(43(4,5)6)41(56)51-22-32(52)21-33(51)40(55)48-26(2)28-13-15-29(16-14-28)38-27(3)47-24-60-38/h13-16,19-20,24,26,31-33,39,41,52,56H,10-12,17-18,21-23H2,1-9H3,(H2,46,53)(H,48,55)(H,49,57)(H,50,54)/t26-,31-,32+,33-,39?,41?/m0/s1. The lowest BCUT2D eigenvalue weighted by Gasteiger charge is -2.40. The van der Waals surface area contributed by atoms with Crippen LogP contribution >= 0.6 is 11.3 Å². The number of benzene rings is 2. The first kappa shape index (κ1) is 48.0. The molecule has 16 heteroatoms. The number of β-amino-alcohol motifs (C(OH)–C–C–N with tert-alkyl or cyclic N) is 1. The van der Waals surface area contributed by atoms with Gasteiger partial charge in [0.25, 0.3) is 0 Å². The summed E-state index contributed by atoms with van der Waals surface area (Å²) in [5.74, 6) is -1.92. The maximum Gasteiger partial charge on any atom is 0.407 e. The molecular formula is C44H63FN6O8S. The zero-order valence-electron chi connectivity index (χ0n) is 36.3. The molecule has 0 aliphatic carbocycles. The summed E-state index contributed by atoms with van der Waals surface area (Å²) in [6.45, 7) is 16.3. The number of nitrogens with two attached hydrogens (primary N) is 1. The van der Waals surface area contributed by atoms with E-state index >= 15 is 4.39 Å². The number of aliphatic hydroxyl groups is 2. The number of nitrogens with one attached hydrogen (secondary N) is 3. The van der Waals surface area contributed by atoms with Crippen LogP contribution in [0.3, 0.4) is 0 Å². The fourth-order valence-corrected chi connectivity index (χ4v) is 7.98. The minimum atomic E-state index is -1.30. The molecule has 1 aliphatic rings. The Labute approximate surface area is 356 Å². The van der Waals surface area contributed by atoms with Crippen molar-refractivity contribution in [2.45, 2.75) is 143 Å². The zero-order valence-corrected chi connectivity index (χ0v) is 37.1. The number of aliphatic hydroxyl groups excluding tert-OH is 2. The third kappa shape index (κ3) is 14.0. The molecule has 7 N–H and O–H groups in total. The largest absolute Gasteiger partial charge is 0.488 e. The topological polar surface area (TPSA) is 205 Å². The molecule has 4 amide bonds. The number of hydrogen-bond donors (Lipinski definition) is 6. The molecule has 3 aromatic rings. The van der Waals surface area contributed by atoms with Gasteiger partial charge in [-0.05, 0) is 101 Å². The van der Waals surface area contributed by atoms with E-state index in [1.54, 1.807) is 50.0 Å². The van der Waals surface area contributed by atoms with Crippen molar-refractivity contribution in [1.82, 2.24) is 25.8 Å². The Kier molecular flexibility index (Phi) is 16.6. The highest BCUT2D eigenvalue weighted by molar-refractivity contribution is 7.13.